The van der Waals surface area contributed by atoms with E-state index in [0.29, 0.717) is 6.54 Å². The van der Waals surface area contributed by atoms with Gasteiger partial charge in [-0.25, -0.2) is 0 Å². The van der Waals surface area contributed by atoms with Crippen LogP contribution in [0.4, 0.5) is 5.69 Å². The van der Waals surface area contributed by atoms with Crippen molar-refractivity contribution in [3.63, 3.8) is 0 Å². The number of rotatable bonds is 3. The van der Waals surface area contributed by atoms with Crippen molar-refractivity contribution in [2.45, 2.75) is 25.7 Å². The second kappa shape index (κ2) is 3.43. The Morgan fingerprint density at radius 3 is 2.53 bits per heavy atom. The summed E-state index contributed by atoms with van der Waals surface area (Å²) < 4.78 is 0. The molecule has 1 fully saturated rings. The maximum atomic E-state index is 10.8. The molecule has 17 heavy (non-hydrogen) atoms. The summed E-state index contributed by atoms with van der Waals surface area (Å²) in [5.41, 5.74) is 6.27. The van der Waals surface area contributed by atoms with Crippen LogP contribution in [0.1, 0.15) is 25.8 Å². The van der Waals surface area contributed by atoms with Gasteiger partial charge < -0.3 is 10.8 Å². The standard InChI is InChI=1S/C12H16N2O3/c1-11(2)6-12(11,7-13)8-3-4-10(15)9(5-8)14(16)17/h3-5,15H,6-7,13H2,1-2H3. The largest absolute Gasteiger partial charge is 0.502 e. The maximum Gasteiger partial charge on any atom is 0.310 e. The lowest BCUT2D eigenvalue weighted by atomic mass is 9.87. The molecule has 1 unspecified atom stereocenters. The minimum absolute atomic E-state index is 0.0621. The van der Waals surface area contributed by atoms with Crippen molar-refractivity contribution >= 4 is 5.69 Å². The van der Waals surface area contributed by atoms with Gasteiger partial charge in [0, 0.05) is 18.0 Å². The van der Waals surface area contributed by atoms with Crippen molar-refractivity contribution in [3.05, 3.63) is 33.9 Å². The van der Waals surface area contributed by atoms with E-state index in [-0.39, 0.29) is 22.3 Å². The summed E-state index contributed by atoms with van der Waals surface area (Å²) in [6.07, 6.45) is 0.915. The van der Waals surface area contributed by atoms with E-state index in [0.717, 1.165) is 12.0 Å². The quantitative estimate of drug-likeness (QED) is 0.619. The third kappa shape index (κ3) is 1.58. The molecule has 1 aliphatic carbocycles. The van der Waals surface area contributed by atoms with Gasteiger partial charge in [0.25, 0.3) is 0 Å². The third-order valence-electron chi connectivity index (χ3n) is 3.99. The van der Waals surface area contributed by atoms with Gasteiger partial charge >= 0.3 is 5.69 Å². The minimum Gasteiger partial charge on any atom is -0.502 e. The first-order chi connectivity index (χ1) is 7.84. The van der Waals surface area contributed by atoms with Crippen LogP contribution in [0.2, 0.25) is 0 Å². The van der Waals surface area contributed by atoms with Gasteiger partial charge in [0.1, 0.15) is 0 Å². The van der Waals surface area contributed by atoms with Crippen LogP contribution in [0.3, 0.4) is 0 Å². The Morgan fingerprint density at radius 1 is 1.53 bits per heavy atom. The van der Waals surface area contributed by atoms with Gasteiger partial charge in [-0.1, -0.05) is 19.9 Å². The second-order valence-corrected chi connectivity index (χ2v) is 5.31. The first-order valence-electron chi connectivity index (χ1n) is 5.52. The molecule has 0 heterocycles. The van der Waals surface area contributed by atoms with E-state index in [1.54, 1.807) is 6.07 Å². The highest BCUT2D eigenvalue weighted by Gasteiger charge is 2.61. The molecule has 2 rings (SSSR count). The predicted molar refractivity (Wildman–Crippen MR) is 63.9 cm³/mol. The number of hydrogen-bond acceptors (Lipinski definition) is 4. The average Bonchev–Trinajstić information content (AvgIpc) is 2.82. The fourth-order valence-corrected chi connectivity index (χ4v) is 2.64. The highest BCUT2D eigenvalue weighted by atomic mass is 16.6. The smallest absolute Gasteiger partial charge is 0.310 e. The molecule has 0 bridgehead atoms. The van der Waals surface area contributed by atoms with Crippen molar-refractivity contribution in [1.82, 2.24) is 0 Å². The van der Waals surface area contributed by atoms with Gasteiger partial charge in [-0.15, -0.1) is 0 Å². The molecule has 0 saturated heterocycles. The van der Waals surface area contributed by atoms with Crippen molar-refractivity contribution in [1.29, 1.82) is 0 Å². The molecule has 1 aliphatic rings. The number of nitro benzene ring substituents is 1. The van der Waals surface area contributed by atoms with Crippen LogP contribution in [0, 0.1) is 15.5 Å². The number of benzene rings is 1. The monoisotopic (exact) mass is 236 g/mol. The topological polar surface area (TPSA) is 89.4 Å². The average molecular weight is 236 g/mol. The minimum atomic E-state index is -0.571. The van der Waals surface area contributed by atoms with Crippen LogP contribution in [0.5, 0.6) is 5.75 Å². The Bertz CT molecular complexity index is 485. The van der Waals surface area contributed by atoms with Crippen LogP contribution in [-0.2, 0) is 5.41 Å². The summed E-state index contributed by atoms with van der Waals surface area (Å²) in [6, 6.07) is 4.54. The molecular weight excluding hydrogens is 220 g/mol. The number of phenols is 1. The van der Waals surface area contributed by atoms with Gasteiger partial charge in [0.2, 0.25) is 0 Å². The highest BCUT2D eigenvalue weighted by molar-refractivity contribution is 5.52. The van der Waals surface area contributed by atoms with Crippen LogP contribution < -0.4 is 5.73 Å². The van der Waals surface area contributed by atoms with Crippen molar-refractivity contribution in [2.24, 2.45) is 11.1 Å². The Balaban J connectivity index is 2.48. The van der Waals surface area contributed by atoms with E-state index in [4.69, 9.17) is 5.73 Å². The zero-order valence-corrected chi connectivity index (χ0v) is 9.93. The summed E-state index contributed by atoms with van der Waals surface area (Å²) in [4.78, 5) is 10.2. The first-order valence-corrected chi connectivity index (χ1v) is 5.52. The van der Waals surface area contributed by atoms with E-state index in [2.05, 4.69) is 13.8 Å². The van der Waals surface area contributed by atoms with Gasteiger partial charge in [0.05, 0.1) is 4.92 Å². The Morgan fingerprint density at radius 2 is 2.12 bits per heavy atom. The van der Waals surface area contributed by atoms with E-state index >= 15 is 0 Å². The molecule has 0 amide bonds. The van der Waals surface area contributed by atoms with E-state index in [9.17, 15) is 15.2 Å². The van der Waals surface area contributed by atoms with E-state index in [1.165, 1.54) is 12.1 Å². The maximum absolute atomic E-state index is 10.8. The normalized spacial score (nSPS) is 25.6. The summed E-state index contributed by atoms with van der Waals surface area (Å²) in [6.45, 7) is 4.65. The van der Waals surface area contributed by atoms with Gasteiger partial charge in [-0.3, -0.25) is 10.1 Å². The van der Waals surface area contributed by atoms with Crippen LogP contribution in [-0.4, -0.2) is 16.6 Å². The van der Waals surface area contributed by atoms with Crippen LogP contribution in [0.15, 0.2) is 18.2 Å². The number of nitro groups is 1. The van der Waals surface area contributed by atoms with E-state index in [1.807, 2.05) is 0 Å². The lowest BCUT2D eigenvalue weighted by molar-refractivity contribution is -0.385. The predicted octanol–water partition coefficient (Wildman–Crippen LogP) is 1.93. The molecule has 0 aliphatic heterocycles. The van der Waals surface area contributed by atoms with Crippen LogP contribution >= 0.6 is 0 Å². The molecule has 5 heteroatoms. The Labute approximate surface area is 99.4 Å². The molecule has 1 aromatic carbocycles. The number of nitrogens with two attached hydrogens (primary N) is 1. The fraction of sp³-hybridized carbons (Fsp3) is 0.500. The number of phenolic OH excluding ortho intramolecular Hbond substituents is 1. The summed E-state index contributed by atoms with van der Waals surface area (Å²) >= 11 is 0. The number of aromatic hydroxyl groups is 1. The summed E-state index contributed by atoms with van der Waals surface area (Å²) in [5, 5.41) is 20.2. The molecule has 0 aromatic heterocycles. The molecule has 3 N–H and O–H groups in total. The zero-order chi connectivity index (χ0) is 12.8. The molecule has 0 spiro atoms. The second-order valence-electron chi connectivity index (χ2n) is 5.31. The zero-order valence-electron chi connectivity index (χ0n) is 9.93. The molecule has 1 atom stereocenters. The van der Waals surface area contributed by atoms with Gasteiger partial charge in [0.15, 0.2) is 5.75 Å². The number of nitrogens with zero attached hydrogens (tertiary/aromatic N) is 1. The SMILES string of the molecule is CC1(C)CC1(CN)c1ccc(O)c([N+](=O)[O-])c1. The summed E-state index contributed by atoms with van der Waals surface area (Å²) in [7, 11) is 0. The van der Waals surface area contributed by atoms with Gasteiger partial charge in [-0.05, 0) is 23.5 Å². The molecule has 1 saturated carbocycles. The first kappa shape index (κ1) is 11.9. The molecule has 1 aromatic rings. The summed E-state index contributed by atoms with van der Waals surface area (Å²) in [5.74, 6) is -0.302. The third-order valence-corrected chi connectivity index (χ3v) is 3.99. The lowest BCUT2D eigenvalue weighted by Gasteiger charge is -2.18. The van der Waals surface area contributed by atoms with Crippen molar-refractivity contribution < 1.29 is 10.0 Å². The fourth-order valence-electron chi connectivity index (χ4n) is 2.64. The molecule has 92 valence electrons. The lowest BCUT2D eigenvalue weighted by Crippen LogP contribution is -2.25. The Hall–Kier alpha value is -1.62. The Kier molecular flexibility index (Phi) is 2.39. The molecule has 5 nitrogen and oxygen atoms in total. The van der Waals surface area contributed by atoms with Gasteiger partial charge in [-0.2, -0.15) is 0 Å². The van der Waals surface area contributed by atoms with E-state index < -0.39 is 4.92 Å². The number of hydrogen-bond donors (Lipinski definition) is 2. The van der Waals surface area contributed by atoms with Crippen molar-refractivity contribution in [2.75, 3.05) is 6.54 Å². The van der Waals surface area contributed by atoms with Crippen molar-refractivity contribution in [3.8, 4) is 5.75 Å². The highest BCUT2D eigenvalue weighted by Crippen LogP contribution is 2.64. The molecular formula is C12H16N2O3. The molecule has 0 radical (unpaired) electrons. The van der Waals surface area contributed by atoms with Crippen LogP contribution in [0.25, 0.3) is 0 Å².